The predicted octanol–water partition coefficient (Wildman–Crippen LogP) is 5.08. The van der Waals surface area contributed by atoms with E-state index in [-0.39, 0.29) is 23.6 Å². The SMILES string of the molecule is CCn1c(C(C)NC(=O)C2CCN(c3ccc(C(F)(F)F)cc3[N+](=O)[O-])CC2)nc2ccccc21. The molecule has 1 aliphatic rings. The van der Waals surface area contributed by atoms with Gasteiger partial charge >= 0.3 is 6.18 Å². The van der Waals surface area contributed by atoms with E-state index in [0.717, 1.165) is 29.0 Å². The number of carbonyl (C=O) groups excluding carboxylic acids is 1. The quantitative estimate of drug-likeness (QED) is 0.385. The number of aromatic nitrogens is 2. The zero-order chi connectivity index (χ0) is 25.3. The monoisotopic (exact) mass is 489 g/mol. The molecule has 1 amide bonds. The number of rotatable bonds is 6. The smallest absolute Gasteiger partial charge is 0.366 e. The zero-order valence-corrected chi connectivity index (χ0v) is 19.4. The first kappa shape index (κ1) is 24.5. The topological polar surface area (TPSA) is 93.3 Å². The Balaban J connectivity index is 1.43. The number of halogens is 3. The molecule has 0 spiro atoms. The average Bonchev–Trinajstić information content (AvgIpc) is 3.22. The van der Waals surface area contributed by atoms with Crippen molar-refractivity contribution in [3.8, 4) is 0 Å². The highest BCUT2D eigenvalue weighted by molar-refractivity contribution is 5.80. The molecule has 0 saturated carbocycles. The second kappa shape index (κ2) is 9.55. The molecule has 8 nitrogen and oxygen atoms in total. The highest BCUT2D eigenvalue weighted by Gasteiger charge is 2.35. The number of benzene rings is 2. The number of hydrogen-bond donors (Lipinski definition) is 1. The first-order chi connectivity index (χ1) is 16.6. The number of nitro groups is 1. The first-order valence-corrected chi connectivity index (χ1v) is 11.5. The van der Waals surface area contributed by atoms with Crippen LogP contribution in [0.15, 0.2) is 42.5 Å². The van der Waals surface area contributed by atoms with E-state index >= 15 is 0 Å². The van der Waals surface area contributed by atoms with Gasteiger partial charge < -0.3 is 14.8 Å². The molecular formula is C24H26F3N5O3. The molecule has 2 heterocycles. The molecule has 1 aliphatic heterocycles. The van der Waals surface area contributed by atoms with Crippen LogP contribution < -0.4 is 10.2 Å². The molecule has 1 saturated heterocycles. The third-order valence-electron chi connectivity index (χ3n) is 6.45. The Kier molecular flexibility index (Phi) is 6.68. The number of amides is 1. The van der Waals surface area contributed by atoms with E-state index in [1.54, 1.807) is 4.90 Å². The lowest BCUT2D eigenvalue weighted by Crippen LogP contribution is -2.41. The van der Waals surface area contributed by atoms with Gasteiger partial charge in [-0.2, -0.15) is 13.2 Å². The third-order valence-corrected chi connectivity index (χ3v) is 6.45. The number of nitrogens with zero attached hydrogens (tertiary/aromatic N) is 4. The van der Waals surface area contributed by atoms with Crippen molar-refractivity contribution in [1.82, 2.24) is 14.9 Å². The Morgan fingerprint density at radius 2 is 1.91 bits per heavy atom. The summed E-state index contributed by atoms with van der Waals surface area (Å²) in [6.07, 6.45) is -3.80. The molecule has 1 fully saturated rings. The molecule has 186 valence electrons. The van der Waals surface area contributed by atoms with Crippen molar-refractivity contribution in [2.24, 2.45) is 5.92 Å². The van der Waals surface area contributed by atoms with Crippen LogP contribution in [0, 0.1) is 16.0 Å². The molecule has 0 radical (unpaired) electrons. The molecular weight excluding hydrogens is 463 g/mol. The highest BCUT2D eigenvalue weighted by atomic mass is 19.4. The summed E-state index contributed by atoms with van der Waals surface area (Å²) >= 11 is 0. The molecule has 1 aromatic heterocycles. The summed E-state index contributed by atoms with van der Waals surface area (Å²) in [4.78, 5) is 29.9. The highest BCUT2D eigenvalue weighted by Crippen LogP contribution is 2.37. The van der Waals surface area contributed by atoms with Gasteiger partial charge in [-0.1, -0.05) is 12.1 Å². The van der Waals surface area contributed by atoms with Crippen LogP contribution in [-0.2, 0) is 17.5 Å². The number of anilines is 1. The van der Waals surface area contributed by atoms with E-state index in [1.165, 1.54) is 0 Å². The van der Waals surface area contributed by atoms with Gasteiger partial charge in [0.15, 0.2) is 0 Å². The van der Waals surface area contributed by atoms with Crippen molar-refractivity contribution < 1.29 is 22.9 Å². The first-order valence-electron chi connectivity index (χ1n) is 11.5. The third kappa shape index (κ3) is 4.94. The molecule has 0 aliphatic carbocycles. The minimum atomic E-state index is -4.66. The Hall–Kier alpha value is -3.63. The van der Waals surface area contributed by atoms with Gasteiger partial charge in [0.25, 0.3) is 5.69 Å². The van der Waals surface area contributed by atoms with Gasteiger partial charge in [0.1, 0.15) is 11.5 Å². The number of hydrogen-bond acceptors (Lipinski definition) is 5. The second-order valence-electron chi connectivity index (χ2n) is 8.65. The molecule has 4 rings (SSSR count). The summed E-state index contributed by atoms with van der Waals surface area (Å²) in [6, 6.07) is 10.0. The largest absolute Gasteiger partial charge is 0.416 e. The fraction of sp³-hybridized carbons (Fsp3) is 0.417. The summed E-state index contributed by atoms with van der Waals surface area (Å²) in [5, 5.41) is 14.5. The van der Waals surface area contributed by atoms with Crippen LogP contribution >= 0.6 is 0 Å². The second-order valence-corrected chi connectivity index (χ2v) is 8.65. The number of fused-ring (bicyclic) bond motifs is 1. The van der Waals surface area contributed by atoms with E-state index < -0.39 is 22.4 Å². The van der Waals surface area contributed by atoms with Gasteiger partial charge in [-0.05, 0) is 51.0 Å². The minimum absolute atomic E-state index is 0.131. The van der Waals surface area contributed by atoms with Crippen LogP contribution in [0.25, 0.3) is 11.0 Å². The predicted molar refractivity (Wildman–Crippen MR) is 125 cm³/mol. The summed E-state index contributed by atoms with van der Waals surface area (Å²) in [5.41, 5.74) is 0.338. The summed E-state index contributed by atoms with van der Waals surface area (Å²) < 4.78 is 41.0. The number of piperidine rings is 1. The number of nitrogens with one attached hydrogen (secondary N) is 1. The van der Waals surface area contributed by atoms with Crippen LogP contribution in [0.2, 0.25) is 0 Å². The summed E-state index contributed by atoms with van der Waals surface area (Å²) in [7, 11) is 0. The average molecular weight is 489 g/mol. The number of para-hydroxylation sites is 2. The fourth-order valence-electron chi connectivity index (χ4n) is 4.65. The molecule has 1 unspecified atom stereocenters. The minimum Gasteiger partial charge on any atom is -0.366 e. The number of imidazole rings is 1. The van der Waals surface area contributed by atoms with Crippen molar-refractivity contribution in [2.45, 2.75) is 45.5 Å². The Morgan fingerprint density at radius 3 is 2.54 bits per heavy atom. The van der Waals surface area contributed by atoms with Crippen molar-refractivity contribution in [1.29, 1.82) is 0 Å². The van der Waals surface area contributed by atoms with Crippen LogP contribution in [0.4, 0.5) is 24.5 Å². The summed E-state index contributed by atoms with van der Waals surface area (Å²) in [5.74, 6) is 0.329. The molecule has 35 heavy (non-hydrogen) atoms. The van der Waals surface area contributed by atoms with Gasteiger partial charge in [-0.3, -0.25) is 14.9 Å². The van der Waals surface area contributed by atoms with Gasteiger partial charge in [0.2, 0.25) is 5.91 Å². The van der Waals surface area contributed by atoms with Crippen molar-refractivity contribution >= 4 is 28.3 Å². The Morgan fingerprint density at radius 1 is 1.23 bits per heavy atom. The standard InChI is InChI=1S/C24H26F3N5O3/c1-3-31-19-7-5-4-6-18(19)29-22(31)15(2)28-23(33)16-10-12-30(13-11-16)20-9-8-17(24(25,26)27)14-21(20)32(34)35/h4-9,14-16H,3,10-13H2,1-2H3,(H,28,33). The number of carbonyl (C=O) groups is 1. The number of aryl methyl sites for hydroxylation is 1. The Labute approximate surface area is 199 Å². The molecule has 11 heteroatoms. The van der Waals surface area contributed by atoms with Gasteiger partial charge in [-0.25, -0.2) is 4.98 Å². The lowest BCUT2D eigenvalue weighted by atomic mass is 9.95. The summed E-state index contributed by atoms with van der Waals surface area (Å²) in [6.45, 7) is 5.26. The maximum absolute atomic E-state index is 13.0. The van der Waals surface area contributed by atoms with Gasteiger partial charge in [0.05, 0.1) is 27.6 Å². The normalized spacial score (nSPS) is 15.9. The van der Waals surface area contributed by atoms with E-state index in [1.807, 2.05) is 38.1 Å². The number of nitro benzene ring substituents is 1. The molecule has 3 aromatic rings. The lowest BCUT2D eigenvalue weighted by Gasteiger charge is -2.33. The number of alkyl halides is 3. The van der Waals surface area contributed by atoms with Gasteiger partial charge in [0, 0.05) is 31.6 Å². The van der Waals surface area contributed by atoms with Crippen LogP contribution in [0.5, 0.6) is 0 Å². The lowest BCUT2D eigenvalue weighted by molar-refractivity contribution is -0.384. The van der Waals surface area contributed by atoms with E-state index in [2.05, 4.69) is 14.9 Å². The molecule has 1 atom stereocenters. The van der Waals surface area contributed by atoms with E-state index in [0.29, 0.717) is 38.5 Å². The van der Waals surface area contributed by atoms with Crippen molar-refractivity contribution in [3.63, 3.8) is 0 Å². The van der Waals surface area contributed by atoms with E-state index in [4.69, 9.17) is 0 Å². The maximum atomic E-state index is 13.0. The van der Waals surface area contributed by atoms with Crippen molar-refractivity contribution in [3.05, 3.63) is 64.0 Å². The zero-order valence-electron chi connectivity index (χ0n) is 19.4. The van der Waals surface area contributed by atoms with Crippen molar-refractivity contribution in [2.75, 3.05) is 18.0 Å². The molecule has 1 N–H and O–H groups in total. The van der Waals surface area contributed by atoms with Crippen LogP contribution in [-0.4, -0.2) is 33.5 Å². The molecule has 0 bridgehead atoms. The van der Waals surface area contributed by atoms with Crippen LogP contribution in [0.3, 0.4) is 0 Å². The van der Waals surface area contributed by atoms with Crippen LogP contribution in [0.1, 0.15) is 44.1 Å². The Bertz CT molecular complexity index is 1250. The maximum Gasteiger partial charge on any atom is 0.416 e. The van der Waals surface area contributed by atoms with E-state index in [9.17, 15) is 28.1 Å². The molecule has 2 aromatic carbocycles. The fourth-order valence-corrected chi connectivity index (χ4v) is 4.65. The van der Waals surface area contributed by atoms with Gasteiger partial charge in [-0.15, -0.1) is 0 Å².